The maximum Gasteiger partial charge on any atom is 0.264 e. The largest absolute Gasteiger partial charge is 0.342 e. The maximum atomic E-state index is 12.0. The van der Waals surface area contributed by atoms with Crippen LogP contribution in [0.25, 0.3) is 22.2 Å². The molecule has 0 bridgehead atoms. The lowest BCUT2D eigenvalue weighted by atomic mass is 10.1. The van der Waals surface area contributed by atoms with Crippen LogP contribution < -0.4 is 0 Å². The highest BCUT2D eigenvalue weighted by Gasteiger charge is 2.25. The molecule has 0 spiro atoms. The molecule has 0 fully saturated rings. The molecule has 5 heteroatoms. The van der Waals surface area contributed by atoms with Crippen LogP contribution in [0.1, 0.15) is 0 Å². The fourth-order valence-electron chi connectivity index (χ4n) is 2.53. The highest BCUT2D eigenvalue weighted by Crippen LogP contribution is 2.37. The van der Waals surface area contributed by atoms with Gasteiger partial charge in [0.15, 0.2) is 0 Å². The summed E-state index contributed by atoms with van der Waals surface area (Å²) in [6.07, 6.45) is 0. The summed E-state index contributed by atoms with van der Waals surface area (Å²) in [7, 11) is 3.67. The van der Waals surface area contributed by atoms with Crippen LogP contribution in [-0.2, 0) is 16.1 Å². The molecule has 0 radical (unpaired) electrons. The van der Waals surface area contributed by atoms with Crippen molar-refractivity contribution in [1.82, 2.24) is 4.57 Å². The molecule has 1 heterocycles. The number of halogens is 1. The molecular weight excluding hydrogens is 294 g/mol. The summed E-state index contributed by atoms with van der Waals surface area (Å²) in [6, 6.07) is 16.7. The average Bonchev–Trinajstić information content (AvgIpc) is 2.73. The topological polar surface area (TPSA) is 39.1 Å². The molecule has 0 amide bonds. The molecule has 0 aliphatic heterocycles. The predicted molar refractivity (Wildman–Crippen MR) is 81.4 cm³/mol. The van der Waals surface area contributed by atoms with Gasteiger partial charge in [0, 0.05) is 28.6 Å². The predicted octanol–water partition coefficient (Wildman–Crippen LogP) is 3.77. The van der Waals surface area contributed by atoms with E-state index in [2.05, 4.69) is 0 Å². The first-order valence-corrected chi connectivity index (χ1v) is 8.38. The van der Waals surface area contributed by atoms with Crippen molar-refractivity contribution in [2.45, 2.75) is 4.90 Å². The number of nitrogens with zero attached hydrogens (tertiary/aromatic N) is 1. The summed E-state index contributed by atoms with van der Waals surface area (Å²) in [5.74, 6) is 0. The van der Waals surface area contributed by atoms with Crippen LogP contribution in [0.5, 0.6) is 0 Å². The molecule has 0 N–H and O–H groups in total. The Morgan fingerprint density at radius 3 is 2.20 bits per heavy atom. The molecule has 1 aromatic heterocycles. The number of hydrogen-bond donors (Lipinski definition) is 0. The highest BCUT2D eigenvalue weighted by molar-refractivity contribution is 8.14. The van der Waals surface area contributed by atoms with E-state index in [9.17, 15) is 8.42 Å². The van der Waals surface area contributed by atoms with Gasteiger partial charge in [-0.1, -0.05) is 48.5 Å². The van der Waals surface area contributed by atoms with Crippen molar-refractivity contribution >= 4 is 30.6 Å². The van der Waals surface area contributed by atoms with Crippen molar-refractivity contribution in [3.63, 3.8) is 0 Å². The summed E-state index contributed by atoms with van der Waals surface area (Å²) >= 11 is 0. The summed E-state index contributed by atoms with van der Waals surface area (Å²) in [5, 5.41) is 0.642. The molecule has 102 valence electrons. The van der Waals surface area contributed by atoms with Crippen molar-refractivity contribution in [1.29, 1.82) is 0 Å². The first kappa shape index (κ1) is 13.2. The van der Waals surface area contributed by atoms with Gasteiger partial charge >= 0.3 is 0 Å². The van der Waals surface area contributed by atoms with Crippen LogP contribution in [0, 0.1) is 0 Å². The molecule has 0 aliphatic carbocycles. The number of aromatic nitrogens is 1. The van der Waals surface area contributed by atoms with Crippen molar-refractivity contribution in [3.05, 3.63) is 54.6 Å². The lowest BCUT2D eigenvalue weighted by Gasteiger charge is -2.06. The fraction of sp³-hybridized carbons (Fsp3) is 0.0667. The van der Waals surface area contributed by atoms with Gasteiger partial charge in [0.1, 0.15) is 4.90 Å². The summed E-state index contributed by atoms with van der Waals surface area (Å²) in [5.41, 5.74) is 2.28. The zero-order valence-electron chi connectivity index (χ0n) is 10.7. The molecule has 0 aliphatic rings. The third kappa shape index (κ3) is 2.01. The van der Waals surface area contributed by atoms with E-state index in [0.717, 1.165) is 11.1 Å². The average molecular weight is 306 g/mol. The molecule has 0 atom stereocenters. The number of para-hydroxylation sites is 1. The van der Waals surface area contributed by atoms with Crippen LogP contribution >= 0.6 is 10.7 Å². The number of hydrogen-bond acceptors (Lipinski definition) is 2. The van der Waals surface area contributed by atoms with Gasteiger partial charge in [0.05, 0.1) is 5.69 Å². The second kappa shape index (κ2) is 4.65. The highest BCUT2D eigenvalue weighted by atomic mass is 35.7. The van der Waals surface area contributed by atoms with E-state index in [-0.39, 0.29) is 4.90 Å². The Hall–Kier alpha value is -1.78. The van der Waals surface area contributed by atoms with Crippen molar-refractivity contribution < 1.29 is 8.42 Å². The van der Waals surface area contributed by atoms with Gasteiger partial charge in [0.2, 0.25) is 0 Å². The normalized spacial score (nSPS) is 11.9. The van der Waals surface area contributed by atoms with Crippen molar-refractivity contribution in [3.8, 4) is 11.3 Å². The molecular formula is C15H12ClNO2S. The number of fused-ring (bicyclic) bond motifs is 1. The smallest absolute Gasteiger partial charge is 0.264 e. The van der Waals surface area contributed by atoms with Gasteiger partial charge in [-0.15, -0.1) is 0 Å². The number of aryl methyl sites for hydroxylation is 1. The Morgan fingerprint density at radius 2 is 1.55 bits per heavy atom. The third-order valence-corrected chi connectivity index (χ3v) is 4.72. The summed E-state index contributed by atoms with van der Waals surface area (Å²) in [6.45, 7) is 0. The molecule has 0 unspecified atom stereocenters. The third-order valence-electron chi connectivity index (χ3n) is 3.35. The van der Waals surface area contributed by atoms with Crippen LogP contribution in [0.3, 0.4) is 0 Å². The van der Waals surface area contributed by atoms with E-state index in [4.69, 9.17) is 10.7 Å². The van der Waals surface area contributed by atoms with Crippen LogP contribution in [0.15, 0.2) is 59.5 Å². The Morgan fingerprint density at radius 1 is 0.950 bits per heavy atom. The number of rotatable bonds is 2. The monoisotopic (exact) mass is 305 g/mol. The van der Waals surface area contributed by atoms with Crippen molar-refractivity contribution in [2.75, 3.05) is 0 Å². The Bertz CT molecular complexity index is 883. The molecule has 2 aromatic carbocycles. The zero-order valence-corrected chi connectivity index (χ0v) is 12.3. The van der Waals surface area contributed by atoms with Crippen molar-refractivity contribution in [2.24, 2.45) is 7.05 Å². The van der Waals surface area contributed by atoms with Gasteiger partial charge in [-0.2, -0.15) is 0 Å². The van der Waals surface area contributed by atoms with Crippen LogP contribution in [0.4, 0.5) is 0 Å². The fourth-order valence-corrected chi connectivity index (χ4v) is 3.92. The van der Waals surface area contributed by atoms with E-state index in [1.807, 2.05) is 60.1 Å². The Balaban J connectivity index is 2.51. The van der Waals surface area contributed by atoms with E-state index < -0.39 is 9.05 Å². The van der Waals surface area contributed by atoms with E-state index >= 15 is 0 Å². The van der Waals surface area contributed by atoms with E-state index in [1.54, 1.807) is 6.07 Å². The molecule has 20 heavy (non-hydrogen) atoms. The van der Waals surface area contributed by atoms with Gasteiger partial charge in [-0.3, -0.25) is 0 Å². The lowest BCUT2D eigenvalue weighted by molar-refractivity contribution is 0.610. The minimum Gasteiger partial charge on any atom is -0.342 e. The standard InChI is InChI=1S/C15H12ClNO2S/c1-17-13-10-6-5-9-12(13)15(20(16,18)19)14(17)11-7-3-2-4-8-11/h2-10H,1H3. The first-order valence-electron chi connectivity index (χ1n) is 6.07. The second-order valence-electron chi connectivity index (χ2n) is 4.56. The zero-order chi connectivity index (χ0) is 14.3. The summed E-state index contributed by atoms with van der Waals surface area (Å²) in [4.78, 5) is 0.170. The number of benzene rings is 2. The van der Waals surface area contributed by atoms with E-state index in [0.29, 0.717) is 11.1 Å². The second-order valence-corrected chi connectivity index (χ2v) is 7.06. The Labute approximate surface area is 121 Å². The minimum atomic E-state index is -3.84. The quantitative estimate of drug-likeness (QED) is 0.676. The van der Waals surface area contributed by atoms with Gasteiger partial charge in [0.25, 0.3) is 9.05 Å². The molecule has 3 rings (SSSR count). The minimum absolute atomic E-state index is 0.170. The molecule has 3 aromatic rings. The molecule has 3 nitrogen and oxygen atoms in total. The van der Waals surface area contributed by atoms with Gasteiger partial charge in [-0.25, -0.2) is 8.42 Å². The van der Waals surface area contributed by atoms with E-state index in [1.165, 1.54) is 0 Å². The van der Waals surface area contributed by atoms with Gasteiger partial charge < -0.3 is 4.57 Å². The lowest BCUT2D eigenvalue weighted by Crippen LogP contribution is -1.96. The molecule has 0 saturated carbocycles. The SMILES string of the molecule is Cn1c(-c2ccccc2)c(S(=O)(=O)Cl)c2ccccc21. The summed E-state index contributed by atoms with van der Waals surface area (Å²) < 4.78 is 25.9. The maximum absolute atomic E-state index is 12.0. The van der Waals surface area contributed by atoms with Crippen LogP contribution in [0.2, 0.25) is 0 Å². The Kier molecular flexibility index (Phi) is 3.07. The van der Waals surface area contributed by atoms with Gasteiger partial charge in [-0.05, 0) is 11.6 Å². The van der Waals surface area contributed by atoms with Crippen LogP contribution in [-0.4, -0.2) is 13.0 Å². The molecule has 0 saturated heterocycles. The first-order chi connectivity index (χ1) is 9.50.